The van der Waals surface area contributed by atoms with E-state index < -0.39 is 0 Å². The van der Waals surface area contributed by atoms with Crippen LogP contribution in [0.5, 0.6) is 0 Å². The Morgan fingerprint density at radius 2 is 2.07 bits per heavy atom. The fourth-order valence-electron chi connectivity index (χ4n) is 2.69. The van der Waals surface area contributed by atoms with Crippen LogP contribution in [0, 0.1) is 5.41 Å². The number of aliphatic hydroxyl groups excluding tert-OH is 1. The molecule has 0 saturated heterocycles. The predicted molar refractivity (Wildman–Crippen MR) is 55.9 cm³/mol. The van der Waals surface area contributed by atoms with Crippen molar-refractivity contribution < 1.29 is 9.84 Å². The summed E-state index contributed by atoms with van der Waals surface area (Å²) in [5, 5.41) is 10.3. The van der Waals surface area contributed by atoms with Crippen molar-refractivity contribution in [2.75, 3.05) is 6.61 Å². The first kappa shape index (κ1) is 10.0. The molecule has 0 aromatic carbocycles. The van der Waals surface area contributed by atoms with Crippen molar-refractivity contribution in [2.24, 2.45) is 5.41 Å². The van der Waals surface area contributed by atoms with Crippen LogP contribution in [-0.2, 0) is 4.74 Å². The minimum atomic E-state index is -0.273. The minimum absolute atomic E-state index is 0.118. The Morgan fingerprint density at radius 1 is 1.36 bits per heavy atom. The van der Waals surface area contributed by atoms with Crippen LogP contribution in [0.15, 0.2) is 11.8 Å². The van der Waals surface area contributed by atoms with Gasteiger partial charge in [-0.25, -0.2) is 0 Å². The number of rotatable bonds is 2. The van der Waals surface area contributed by atoms with Gasteiger partial charge in [0, 0.05) is 0 Å². The Bertz CT molecular complexity index is 226. The smallest absolute Gasteiger partial charge is 0.0876 e. The van der Waals surface area contributed by atoms with Gasteiger partial charge in [-0.05, 0) is 36.7 Å². The molecule has 0 radical (unpaired) electrons. The maximum atomic E-state index is 10.3. The number of ether oxygens (including phenoxy) is 1. The molecule has 2 rings (SSSR count). The third kappa shape index (κ3) is 1.81. The summed E-state index contributed by atoms with van der Waals surface area (Å²) in [4.78, 5) is 0. The average molecular weight is 196 g/mol. The van der Waals surface area contributed by atoms with Crippen LogP contribution in [0.1, 0.15) is 45.4 Å². The van der Waals surface area contributed by atoms with Crippen LogP contribution in [0.3, 0.4) is 0 Å². The highest BCUT2D eigenvalue weighted by Gasteiger charge is 2.38. The molecule has 1 saturated carbocycles. The first-order valence-electron chi connectivity index (χ1n) is 5.71. The highest BCUT2D eigenvalue weighted by molar-refractivity contribution is 5.12. The third-order valence-electron chi connectivity index (χ3n) is 3.72. The molecule has 80 valence electrons. The SMILES string of the molecule is CC1(C(O)C2=COCCC2)CCCC1. The summed E-state index contributed by atoms with van der Waals surface area (Å²) in [5.74, 6) is 0. The minimum Gasteiger partial charge on any atom is -0.501 e. The first-order valence-corrected chi connectivity index (χ1v) is 5.71. The molecule has 1 unspecified atom stereocenters. The fourth-order valence-corrected chi connectivity index (χ4v) is 2.69. The van der Waals surface area contributed by atoms with Gasteiger partial charge >= 0.3 is 0 Å². The van der Waals surface area contributed by atoms with Crippen LogP contribution >= 0.6 is 0 Å². The second-order valence-corrected chi connectivity index (χ2v) is 4.93. The summed E-state index contributed by atoms with van der Waals surface area (Å²) in [6, 6.07) is 0. The molecule has 0 aromatic heterocycles. The van der Waals surface area contributed by atoms with Gasteiger partial charge in [-0.15, -0.1) is 0 Å². The summed E-state index contributed by atoms with van der Waals surface area (Å²) < 4.78 is 5.29. The van der Waals surface area contributed by atoms with E-state index in [-0.39, 0.29) is 11.5 Å². The quantitative estimate of drug-likeness (QED) is 0.735. The molecule has 1 aliphatic carbocycles. The molecule has 0 bridgehead atoms. The van der Waals surface area contributed by atoms with Gasteiger partial charge in [0.2, 0.25) is 0 Å². The monoisotopic (exact) mass is 196 g/mol. The summed E-state index contributed by atoms with van der Waals surface area (Å²) in [6.07, 6.45) is 8.43. The van der Waals surface area contributed by atoms with Gasteiger partial charge in [-0.1, -0.05) is 19.8 Å². The first-order chi connectivity index (χ1) is 6.72. The van der Waals surface area contributed by atoms with Gasteiger partial charge in [-0.2, -0.15) is 0 Å². The van der Waals surface area contributed by atoms with Crippen molar-refractivity contribution in [1.82, 2.24) is 0 Å². The topological polar surface area (TPSA) is 29.5 Å². The van der Waals surface area contributed by atoms with E-state index in [1.807, 2.05) is 0 Å². The Morgan fingerprint density at radius 3 is 2.64 bits per heavy atom. The fraction of sp³-hybridized carbons (Fsp3) is 0.833. The van der Waals surface area contributed by atoms with Gasteiger partial charge in [0.1, 0.15) is 0 Å². The Balaban J connectivity index is 2.05. The second-order valence-electron chi connectivity index (χ2n) is 4.93. The van der Waals surface area contributed by atoms with E-state index in [2.05, 4.69) is 6.92 Å². The predicted octanol–water partition coefficient (Wildman–Crippen LogP) is 2.62. The van der Waals surface area contributed by atoms with Gasteiger partial charge in [0.25, 0.3) is 0 Å². The van der Waals surface area contributed by atoms with E-state index >= 15 is 0 Å². The Labute approximate surface area is 86.0 Å². The molecule has 2 heteroatoms. The van der Waals surface area contributed by atoms with E-state index in [0.717, 1.165) is 37.9 Å². The van der Waals surface area contributed by atoms with Crippen molar-refractivity contribution >= 4 is 0 Å². The lowest BCUT2D eigenvalue weighted by molar-refractivity contribution is 0.0595. The van der Waals surface area contributed by atoms with E-state index in [1.165, 1.54) is 12.8 Å². The molecule has 0 amide bonds. The maximum Gasteiger partial charge on any atom is 0.0876 e. The zero-order valence-corrected chi connectivity index (χ0v) is 8.96. The number of hydrogen-bond donors (Lipinski definition) is 1. The highest BCUT2D eigenvalue weighted by Crippen LogP contribution is 2.43. The molecule has 1 fully saturated rings. The van der Waals surface area contributed by atoms with Crippen molar-refractivity contribution in [2.45, 2.75) is 51.6 Å². The highest BCUT2D eigenvalue weighted by atomic mass is 16.5. The van der Waals surface area contributed by atoms with E-state index in [1.54, 1.807) is 6.26 Å². The molecule has 2 nitrogen and oxygen atoms in total. The van der Waals surface area contributed by atoms with Gasteiger partial charge in [0.15, 0.2) is 0 Å². The van der Waals surface area contributed by atoms with E-state index in [0.29, 0.717) is 0 Å². The molecule has 0 spiro atoms. The normalized spacial score (nSPS) is 28.0. The van der Waals surface area contributed by atoms with E-state index in [9.17, 15) is 5.11 Å². The molecule has 0 aromatic rings. The number of aliphatic hydroxyl groups is 1. The van der Waals surface area contributed by atoms with Gasteiger partial charge in [-0.3, -0.25) is 0 Å². The van der Waals surface area contributed by atoms with Crippen LogP contribution in [0.25, 0.3) is 0 Å². The summed E-state index contributed by atoms with van der Waals surface area (Å²) in [6.45, 7) is 3.02. The van der Waals surface area contributed by atoms with E-state index in [4.69, 9.17) is 4.74 Å². The molecule has 1 aliphatic heterocycles. The Hall–Kier alpha value is -0.500. The molecule has 1 N–H and O–H groups in total. The van der Waals surface area contributed by atoms with Crippen molar-refractivity contribution in [3.63, 3.8) is 0 Å². The lowest BCUT2D eigenvalue weighted by atomic mass is 9.78. The zero-order chi connectivity index (χ0) is 10.0. The lowest BCUT2D eigenvalue weighted by Gasteiger charge is -2.32. The van der Waals surface area contributed by atoms with Crippen molar-refractivity contribution in [1.29, 1.82) is 0 Å². The Kier molecular flexibility index (Phi) is 2.82. The maximum absolute atomic E-state index is 10.3. The molecular formula is C12H20O2. The lowest BCUT2D eigenvalue weighted by Crippen LogP contribution is -2.32. The van der Waals surface area contributed by atoms with Gasteiger partial charge in [0.05, 0.1) is 19.0 Å². The average Bonchev–Trinajstić information content (AvgIpc) is 2.67. The van der Waals surface area contributed by atoms with Crippen LogP contribution in [0.2, 0.25) is 0 Å². The molecular weight excluding hydrogens is 176 g/mol. The summed E-state index contributed by atoms with van der Waals surface area (Å²) in [5.41, 5.74) is 1.23. The molecule has 14 heavy (non-hydrogen) atoms. The van der Waals surface area contributed by atoms with Crippen LogP contribution in [0.4, 0.5) is 0 Å². The summed E-state index contributed by atoms with van der Waals surface area (Å²) >= 11 is 0. The molecule has 1 atom stereocenters. The standard InChI is InChI=1S/C12H20O2/c1-12(6-2-3-7-12)11(13)10-5-4-8-14-9-10/h9,11,13H,2-8H2,1H3. The third-order valence-corrected chi connectivity index (χ3v) is 3.72. The van der Waals surface area contributed by atoms with Crippen LogP contribution < -0.4 is 0 Å². The zero-order valence-electron chi connectivity index (χ0n) is 8.96. The van der Waals surface area contributed by atoms with Crippen LogP contribution in [-0.4, -0.2) is 17.8 Å². The largest absolute Gasteiger partial charge is 0.501 e. The summed E-state index contributed by atoms with van der Waals surface area (Å²) in [7, 11) is 0. The second kappa shape index (κ2) is 3.93. The van der Waals surface area contributed by atoms with Crippen molar-refractivity contribution in [3.8, 4) is 0 Å². The van der Waals surface area contributed by atoms with Crippen molar-refractivity contribution in [3.05, 3.63) is 11.8 Å². The molecule has 1 heterocycles. The number of hydrogen-bond acceptors (Lipinski definition) is 2. The molecule has 2 aliphatic rings. The van der Waals surface area contributed by atoms with Gasteiger partial charge < -0.3 is 9.84 Å².